The second kappa shape index (κ2) is 5.49. The highest BCUT2D eigenvalue weighted by Gasteiger charge is 2.06. The quantitative estimate of drug-likeness (QED) is 0.939. The van der Waals surface area contributed by atoms with Crippen LogP contribution in [0.2, 0.25) is 5.02 Å². The van der Waals surface area contributed by atoms with E-state index in [1.807, 2.05) is 18.2 Å². The van der Waals surface area contributed by atoms with Crippen molar-refractivity contribution in [2.24, 2.45) is 5.73 Å². The maximum atomic E-state index is 5.89. The number of hydrogen-bond donors (Lipinski definition) is 1. The van der Waals surface area contributed by atoms with Gasteiger partial charge in [-0.1, -0.05) is 17.7 Å². The minimum atomic E-state index is 0.323. The number of hydrogen-bond acceptors (Lipinski definition) is 3. The first-order valence-corrected chi connectivity index (χ1v) is 6.14. The van der Waals surface area contributed by atoms with Crippen molar-refractivity contribution in [2.45, 2.75) is 6.54 Å². The normalized spacial score (nSPS) is 10.3. The van der Waals surface area contributed by atoms with Gasteiger partial charge >= 0.3 is 0 Å². The number of pyridine rings is 1. The zero-order chi connectivity index (χ0) is 12.3. The van der Waals surface area contributed by atoms with Gasteiger partial charge in [0.05, 0.1) is 5.69 Å². The summed E-state index contributed by atoms with van der Waals surface area (Å²) in [6.45, 7) is 0.323. The summed E-state index contributed by atoms with van der Waals surface area (Å²) >= 11 is 9.23. The molecule has 5 heteroatoms. The number of aromatic nitrogens is 1. The summed E-state index contributed by atoms with van der Waals surface area (Å²) in [7, 11) is 0. The Morgan fingerprint density at radius 2 is 2.18 bits per heavy atom. The molecule has 17 heavy (non-hydrogen) atoms. The molecule has 0 bridgehead atoms. The van der Waals surface area contributed by atoms with Crippen LogP contribution in [0.4, 0.5) is 0 Å². The SMILES string of the molecule is NCc1ncc(Br)cc1Oc1cccc(Cl)c1. The molecule has 0 atom stereocenters. The van der Waals surface area contributed by atoms with Crippen LogP contribution in [0, 0.1) is 0 Å². The van der Waals surface area contributed by atoms with Crippen molar-refractivity contribution in [3.8, 4) is 11.5 Å². The lowest BCUT2D eigenvalue weighted by Crippen LogP contribution is -2.02. The predicted octanol–water partition coefficient (Wildman–Crippen LogP) is 3.75. The van der Waals surface area contributed by atoms with Gasteiger partial charge in [0.25, 0.3) is 0 Å². The number of benzene rings is 1. The van der Waals surface area contributed by atoms with Gasteiger partial charge in [0, 0.05) is 22.2 Å². The van der Waals surface area contributed by atoms with Crippen LogP contribution in [0.5, 0.6) is 11.5 Å². The number of halogens is 2. The van der Waals surface area contributed by atoms with E-state index < -0.39 is 0 Å². The molecule has 0 aliphatic heterocycles. The number of nitrogens with zero attached hydrogens (tertiary/aromatic N) is 1. The summed E-state index contributed by atoms with van der Waals surface area (Å²) in [6, 6.07) is 9.01. The molecule has 2 N–H and O–H groups in total. The van der Waals surface area contributed by atoms with Gasteiger partial charge in [-0.2, -0.15) is 0 Å². The van der Waals surface area contributed by atoms with Gasteiger partial charge in [0.15, 0.2) is 5.75 Å². The summed E-state index contributed by atoms with van der Waals surface area (Å²) in [6.07, 6.45) is 1.69. The lowest BCUT2D eigenvalue weighted by molar-refractivity contribution is 0.472. The van der Waals surface area contributed by atoms with Crippen molar-refractivity contribution in [1.29, 1.82) is 0 Å². The van der Waals surface area contributed by atoms with Crippen molar-refractivity contribution in [3.05, 3.63) is 51.7 Å². The Balaban J connectivity index is 2.32. The monoisotopic (exact) mass is 312 g/mol. The maximum Gasteiger partial charge on any atom is 0.151 e. The number of rotatable bonds is 3. The largest absolute Gasteiger partial charge is 0.455 e. The van der Waals surface area contributed by atoms with Gasteiger partial charge < -0.3 is 10.5 Å². The number of nitrogens with two attached hydrogens (primary N) is 1. The van der Waals surface area contributed by atoms with E-state index in [2.05, 4.69) is 20.9 Å². The topological polar surface area (TPSA) is 48.1 Å². The minimum absolute atomic E-state index is 0.323. The standard InChI is InChI=1S/C12H10BrClN2O/c13-8-4-12(11(6-15)16-7-8)17-10-3-1-2-9(14)5-10/h1-5,7H,6,15H2. The summed E-state index contributed by atoms with van der Waals surface area (Å²) in [5, 5.41) is 0.625. The van der Waals surface area contributed by atoms with Crippen molar-refractivity contribution >= 4 is 27.5 Å². The molecule has 88 valence electrons. The van der Waals surface area contributed by atoms with Crippen LogP contribution in [-0.2, 0) is 6.54 Å². The smallest absolute Gasteiger partial charge is 0.151 e. The van der Waals surface area contributed by atoms with Gasteiger partial charge in [-0.25, -0.2) is 0 Å². The first-order chi connectivity index (χ1) is 8.19. The lowest BCUT2D eigenvalue weighted by atomic mass is 10.3. The Bertz CT molecular complexity index is 534. The fourth-order valence-corrected chi connectivity index (χ4v) is 1.84. The van der Waals surface area contributed by atoms with E-state index in [1.165, 1.54) is 0 Å². The zero-order valence-corrected chi connectivity index (χ0v) is 11.2. The number of ether oxygens (including phenoxy) is 1. The Kier molecular flexibility index (Phi) is 3.99. The van der Waals surface area contributed by atoms with Crippen molar-refractivity contribution in [1.82, 2.24) is 4.98 Å². The van der Waals surface area contributed by atoms with Crippen molar-refractivity contribution in [2.75, 3.05) is 0 Å². The fourth-order valence-electron chi connectivity index (χ4n) is 1.35. The van der Waals surface area contributed by atoms with Crippen LogP contribution in [0.25, 0.3) is 0 Å². The average molecular weight is 314 g/mol. The zero-order valence-electron chi connectivity index (χ0n) is 8.86. The molecule has 0 unspecified atom stereocenters. The van der Waals surface area contributed by atoms with E-state index in [0.29, 0.717) is 28.8 Å². The molecule has 0 amide bonds. The highest BCUT2D eigenvalue weighted by Crippen LogP contribution is 2.28. The minimum Gasteiger partial charge on any atom is -0.455 e. The Morgan fingerprint density at radius 3 is 2.88 bits per heavy atom. The molecule has 0 radical (unpaired) electrons. The summed E-state index contributed by atoms with van der Waals surface area (Å²) < 4.78 is 6.54. The lowest BCUT2D eigenvalue weighted by Gasteiger charge is -2.09. The molecule has 2 rings (SSSR count). The third-order valence-corrected chi connectivity index (χ3v) is 2.78. The van der Waals surface area contributed by atoms with Crippen molar-refractivity contribution < 1.29 is 4.74 Å². The summed E-state index contributed by atoms with van der Waals surface area (Å²) in [4.78, 5) is 4.19. The highest BCUT2D eigenvalue weighted by molar-refractivity contribution is 9.10. The van der Waals surface area contributed by atoms with Crippen LogP contribution in [-0.4, -0.2) is 4.98 Å². The van der Waals surface area contributed by atoms with E-state index in [-0.39, 0.29) is 0 Å². The van der Waals surface area contributed by atoms with Gasteiger partial charge in [-0.3, -0.25) is 4.98 Å². The van der Waals surface area contributed by atoms with E-state index in [1.54, 1.807) is 18.3 Å². The maximum absolute atomic E-state index is 5.89. The highest BCUT2D eigenvalue weighted by atomic mass is 79.9. The second-order valence-corrected chi connectivity index (χ2v) is 4.71. The van der Waals surface area contributed by atoms with Crippen LogP contribution >= 0.6 is 27.5 Å². The fraction of sp³-hybridized carbons (Fsp3) is 0.0833. The first kappa shape index (κ1) is 12.4. The van der Waals surface area contributed by atoms with E-state index in [0.717, 1.165) is 4.47 Å². The molecular weight excluding hydrogens is 304 g/mol. The molecule has 0 aliphatic rings. The summed E-state index contributed by atoms with van der Waals surface area (Å²) in [5.74, 6) is 1.29. The predicted molar refractivity (Wildman–Crippen MR) is 71.4 cm³/mol. The van der Waals surface area contributed by atoms with Crippen LogP contribution in [0.3, 0.4) is 0 Å². The Morgan fingerprint density at radius 1 is 1.35 bits per heavy atom. The Hall–Kier alpha value is -1.10. The van der Waals surface area contributed by atoms with Gasteiger partial charge in [0.1, 0.15) is 5.75 Å². The molecule has 0 spiro atoms. The third-order valence-electron chi connectivity index (χ3n) is 2.11. The molecule has 0 aliphatic carbocycles. The van der Waals surface area contributed by atoms with Gasteiger partial charge in [-0.15, -0.1) is 0 Å². The van der Waals surface area contributed by atoms with Crippen LogP contribution in [0.15, 0.2) is 41.0 Å². The molecule has 3 nitrogen and oxygen atoms in total. The summed E-state index contributed by atoms with van der Waals surface area (Å²) in [5.41, 5.74) is 6.30. The van der Waals surface area contributed by atoms with E-state index in [9.17, 15) is 0 Å². The molecule has 0 fully saturated rings. The van der Waals surface area contributed by atoms with E-state index >= 15 is 0 Å². The molecule has 1 aromatic heterocycles. The van der Waals surface area contributed by atoms with E-state index in [4.69, 9.17) is 22.1 Å². The molecule has 0 saturated heterocycles. The molecule has 0 saturated carbocycles. The average Bonchev–Trinajstić information content (AvgIpc) is 2.29. The molecular formula is C12H10BrClN2O. The molecule has 1 heterocycles. The molecule has 2 aromatic rings. The van der Waals surface area contributed by atoms with Gasteiger partial charge in [0.2, 0.25) is 0 Å². The second-order valence-electron chi connectivity index (χ2n) is 3.36. The third kappa shape index (κ3) is 3.19. The first-order valence-electron chi connectivity index (χ1n) is 4.97. The van der Waals surface area contributed by atoms with Crippen LogP contribution < -0.4 is 10.5 Å². The molecule has 1 aromatic carbocycles. The van der Waals surface area contributed by atoms with Crippen molar-refractivity contribution in [3.63, 3.8) is 0 Å². The van der Waals surface area contributed by atoms with Crippen LogP contribution in [0.1, 0.15) is 5.69 Å². The Labute approximate surface area is 113 Å². The van der Waals surface area contributed by atoms with Gasteiger partial charge in [-0.05, 0) is 40.2 Å².